The minimum Gasteiger partial charge on any atom is -0.355 e. The van der Waals surface area contributed by atoms with Gasteiger partial charge in [-0.05, 0) is 45.6 Å². The van der Waals surface area contributed by atoms with Crippen LogP contribution in [0.4, 0.5) is 5.82 Å². The van der Waals surface area contributed by atoms with Gasteiger partial charge in [-0.1, -0.05) is 0 Å². The van der Waals surface area contributed by atoms with Crippen LogP contribution in [0.25, 0.3) is 5.65 Å². The Morgan fingerprint density at radius 1 is 1.38 bits per heavy atom. The molecule has 1 atom stereocenters. The molecule has 3 rings (SSSR count). The van der Waals surface area contributed by atoms with Crippen molar-refractivity contribution in [3.63, 3.8) is 0 Å². The van der Waals surface area contributed by atoms with Gasteiger partial charge in [0.15, 0.2) is 5.82 Å². The Balaban J connectivity index is 1.76. The third-order valence-corrected chi connectivity index (χ3v) is 4.59. The molecule has 0 saturated carbocycles. The molecule has 2 aromatic heterocycles. The van der Waals surface area contributed by atoms with Gasteiger partial charge in [0, 0.05) is 26.3 Å². The molecule has 0 spiro atoms. The van der Waals surface area contributed by atoms with E-state index in [1.807, 2.05) is 20.3 Å². The maximum Gasteiger partial charge on any atom is 0.252 e. The first kappa shape index (κ1) is 18.3. The van der Waals surface area contributed by atoms with E-state index in [-0.39, 0.29) is 17.9 Å². The smallest absolute Gasteiger partial charge is 0.252 e. The fourth-order valence-electron chi connectivity index (χ4n) is 3.19. The fourth-order valence-corrected chi connectivity index (χ4v) is 3.19. The molecule has 1 aliphatic heterocycles. The number of carbonyl (C=O) groups is 2. The highest BCUT2D eigenvalue weighted by Crippen LogP contribution is 2.19. The Kier molecular flexibility index (Phi) is 5.53. The summed E-state index contributed by atoms with van der Waals surface area (Å²) in [5, 5.41) is 5.92. The Hall–Kier alpha value is -2.45. The molecule has 0 bridgehead atoms. The molecule has 1 fully saturated rings. The van der Waals surface area contributed by atoms with Gasteiger partial charge < -0.3 is 19.9 Å². The van der Waals surface area contributed by atoms with Crippen LogP contribution < -0.4 is 15.5 Å². The number of anilines is 1. The number of carbonyl (C=O) groups excluding carboxylic acids is 2. The van der Waals surface area contributed by atoms with Gasteiger partial charge in [-0.2, -0.15) is 0 Å². The first-order valence-electron chi connectivity index (χ1n) is 8.90. The van der Waals surface area contributed by atoms with Gasteiger partial charge in [-0.15, -0.1) is 0 Å². The minimum atomic E-state index is -0.171. The summed E-state index contributed by atoms with van der Waals surface area (Å²) in [5.74, 6) is 0.537. The Labute approximate surface area is 153 Å². The quantitative estimate of drug-likeness (QED) is 0.778. The number of hydrogen-bond donors (Lipinski definition) is 2. The average Bonchev–Trinajstić information content (AvgIpc) is 3.05. The Morgan fingerprint density at radius 2 is 2.19 bits per heavy atom. The second kappa shape index (κ2) is 7.84. The number of aromatic nitrogens is 2. The summed E-state index contributed by atoms with van der Waals surface area (Å²) < 4.78 is 1.79. The number of piperazine rings is 1. The van der Waals surface area contributed by atoms with Crippen molar-refractivity contribution >= 4 is 23.3 Å². The van der Waals surface area contributed by atoms with Crippen molar-refractivity contribution in [2.75, 3.05) is 45.7 Å². The van der Waals surface area contributed by atoms with Crippen LogP contribution in [-0.2, 0) is 4.79 Å². The lowest BCUT2D eigenvalue weighted by Crippen LogP contribution is -2.55. The van der Waals surface area contributed by atoms with Crippen LogP contribution in [0.15, 0.2) is 24.5 Å². The Bertz CT molecular complexity index is 800. The number of pyridine rings is 1. The molecule has 2 amide bonds. The van der Waals surface area contributed by atoms with Crippen LogP contribution in [0.3, 0.4) is 0 Å². The molecule has 26 heavy (non-hydrogen) atoms. The normalized spacial score (nSPS) is 17.9. The van der Waals surface area contributed by atoms with Crippen molar-refractivity contribution in [3.8, 4) is 0 Å². The van der Waals surface area contributed by atoms with Crippen molar-refractivity contribution in [1.82, 2.24) is 24.9 Å². The van der Waals surface area contributed by atoms with Crippen LogP contribution in [0.2, 0.25) is 0 Å². The predicted octanol–water partition coefficient (Wildman–Crippen LogP) is 0.341. The summed E-state index contributed by atoms with van der Waals surface area (Å²) in [6.45, 7) is 2.30. The van der Waals surface area contributed by atoms with E-state index in [0.29, 0.717) is 23.6 Å². The zero-order chi connectivity index (χ0) is 18.7. The standard InChI is InChI=1S/C18H26N6O2/c1-19-17(25)13-6-7-15-21-16(12-23(15)11-13)24-10-8-20-14(18(24)26)5-4-9-22(2)3/h6-7,11-12,14,20H,4-5,8-10H2,1-3H3,(H,19,25). The highest BCUT2D eigenvalue weighted by atomic mass is 16.2. The van der Waals surface area contributed by atoms with Crippen LogP contribution in [-0.4, -0.2) is 72.9 Å². The summed E-state index contributed by atoms with van der Waals surface area (Å²) >= 11 is 0. The molecule has 2 aromatic rings. The van der Waals surface area contributed by atoms with Crippen molar-refractivity contribution in [3.05, 3.63) is 30.1 Å². The lowest BCUT2D eigenvalue weighted by atomic mass is 10.1. The third kappa shape index (κ3) is 3.86. The molecule has 3 heterocycles. The van der Waals surface area contributed by atoms with Crippen LogP contribution in [0, 0.1) is 0 Å². The SMILES string of the molecule is CNC(=O)c1ccc2nc(N3CCNC(CCCN(C)C)C3=O)cn2c1. The number of imidazole rings is 1. The predicted molar refractivity (Wildman–Crippen MR) is 101 cm³/mol. The van der Waals surface area contributed by atoms with Gasteiger partial charge in [-0.25, -0.2) is 4.98 Å². The molecule has 140 valence electrons. The highest BCUT2D eigenvalue weighted by Gasteiger charge is 2.30. The van der Waals surface area contributed by atoms with E-state index >= 15 is 0 Å². The maximum absolute atomic E-state index is 12.8. The second-order valence-electron chi connectivity index (χ2n) is 6.80. The topological polar surface area (TPSA) is 82.0 Å². The van der Waals surface area contributed by atoms with E-state index < -0.39 is 0 Å². The summed E-state index contributed by atoms with van der Waals surface area (Å²) in [4.78, 5) is 33.0. The first-order valence-corrected chi connectivity index (χ1v) is 8.90. The Morgan fingerprint density at radius 3 is 2.92 bits per heavy atom. The summed E-state index contributed by atoms with van der Waals surface area (Å²) in [6, 6.07) is 3.35. The zero-order valence-electron chi connectivity index (χ0n) is 15.5. The lowest BCUT2D eigenvalue weighted by molar-refractivity contribution is -0.121. The van der Waals surface area contributed by atoms with Gasteiger partial charge >= 0.3 is 0 Å². The molecular formula is C18H26N6O2. The van der Waals surface area contributed by atoms with Gasteiger partial charge in [0.05, 0.1) is 17.8 Å². The monoisotopic (exact) mass is 358 g/mol. The van der Waals surface area contributed by atoms with E-state index in [0.717, 1.165) is 25.9 Å². The molecule has 1 unspecified atom stereocenters. The number of rotatable bonds is 6. The average molecular weight is 358 g/mol. The van der Waals surface area contributed by atoms with Gasteiger partial charge in [-0.3, -0.25) is 14.5 Å². The highest BCUT2D eigenvalue weighted by molar-refractivity contribution is 5.97. The van der Waals surface area contributed by atoms with E-state index in [4.69, 9.17) is 0 Å². The molecule has 1 saturated heterocycles. The summed E-state index contributed by atoms with van der Waals surface area (Å²) in [6.07, 6.45) is 5.31. The third-order valence-electron chi connectivity index (χ3n) is 4.59. The van der Waals surface area contributed by atoms with Gasteiger partial charge in [0.2, 0.25) is 5.91 Å². The molecule has 2 N–H and O–H groups in total. The minimum absolute atomic E-state index is 0.0601. The molecule has 0 radical (unpaired) electrons. The van der Waals surface area contributed by atoms with Gasteiger partial charge in [0.25, 0.3) is 5.91 Å². The van der Waals surface area contributed by atoms with E-state index in [2.05, 4.69) is 20.5 Å². The molecule has 8 nitrogen and oxygen atoms in total. The number of hydrogen-bond acceptors (Lipinski definition) is 5. The number of fused-ring (bicyclic) bond motifs is 1. The van der Waals surface area contributed by atoms with Crippen molar-refractivity contribution in [1.29, 1.82) is 0 Å². The summed E-state index contributed by atoms with van der Waals surface area (Å²) in [5.41, 5.74) is 1.26. The summed E-state index contributed by atoms with van der Waals surface area (Å²) in [7, 11) is 5.67. The van der Waals surface area contributed by atoms with E-state index in [9.17, 15) is 9.59 Å². The zero-order valence-corrected chi connectivity index (χ0v) is 15.5. The largest absolute Gasteiger partial charge is 0.355 e. The van der Waals surface area contributed by atoms with Crippen LogP contribution >= 0.6 is 0 Å². The van der Waals surface area contributed by atoms with Crippen molar-refractivity contribution < 1.29 is 9.59 Å². The van der Waals surface area contributed by atoms with Crippen LogP contribution in [0.1, 0.15) is 23.2 Å². The van der Waals surface area contributed by atoms with Crippen molar-refractivity contribution in [2.45, 2.75) is 18.9 Å². The molecule has 8 heteroatoms. The number of nitrogens with one attached hydrogen (secondary N) is 2. The van der Waals surface area contributed by atoms with E-state index in [1.54, 1.807) is 34.7 Å². The van der Waals surface area contributed by atoms with Crippen molar-refractivity contribution in [2.24, 2.45) is 0 Å². The number of nitrogens with zero attached hydrogens (tertiary/aromatic N) is 4. The fraction of sp³-hybridized carbons (Fsp3) is 0.500. The lowest BCUT2D eigenvalue weighted by Gasteiger charge is -2.32. The molecular weight excluding hydrogens is 332 g/mol. The molecule has 0 aliphatic carbocycles. The molecule has 1 aliphatic rings. The van der Waals surface area contributed by atoms with Gasteiger partial charge in [0.1, 0.15) is 5.65 Å². The maximum atomic E-state index is 12.8. The molecule has 0 aromatic carbocycles. The second-order valence-corrected chi connectivity index (χ2v) is 6.80. The first-order chi connectivity index (χ1) is 12.5. The number of amides is 2. The van der Waals surface area contributed by atoms with Crippen LogP contribution in [0.5, 0.6) is 0 Å². The van der Waals surface area contributed by atoms with E-state index in [1.165, 1.54) is 0 Å².